The molecule has 0 atom stereocenters. The molecule has 2 N–H and O–H groups in total. The molecule has 2 aromatic heterocycles. The highest BCUT2D eigenvalue weighted by atomic mass is 32.2. The average Bonchev–Trinajstić information content (AvgIpc) is 3.14. The van der Waals surface area contributed by atoms with Crippen molar-refractivity contribution in [1.29, 1.82) is 0 Å². The first kappa shape index (κ1) is 21.9. The quantitative estimate of drug-likeness (QED) is 0.376. The number of nitrogens with zero attached hydrogens (tertiary/aromatic N) is 4. The Hall–Kier alpha value is -2.81. The first-order chi connectivity index (χ1) is 14.5. The number of anilines is 1. The topological polar surface area (TPSA) is 94.0 Å². The molecule has 0 aliphatic heterocycles. The number of ether oxygens (including phenoxy) is 1. The monoisotopic (exact) mass is 428 g/mol. The molecular weight excluding hydrogens is 400 g/mol. The van der Waals surface area contributed by atoms with Gasteiger partial charge in [0, 0.05) is 23.9 Å². The fourth-order valence-corrected chi connectivity index (χ4v) is 3.57. The number of carbonyl (C=O) groups is 1. The summed E-state index contributed by atoms with van der Waals surface area (Å²) >= 11 is 1.62. The van der Waals surface area contributed by atoms with Crippen LogP contribution in [0.2, 0.25) is 0 Å². The zero-order valence-electron chi connectivity index (χ0n) is 17.8. The van der Waals surface area contributed by atoms with Gasteiger partial charge in [0.15, 0.2) is 10.8 Å². The van der Waals surface area contributed by atoms with E-state index < -0.39 is 0 Å². The van der Waals surface area contributed by atoms with Gasteiger partial charge in [-0.1, -0.05) is 32.5 Å². The minimum atomic E-state index is -0.134. The Kier molecular flexibility index (Phi) is 7.51. The van der Waals surface area contributed by atoms with Crippen LogP contribution in [0.25, 0.3) is 11.0 Å². The Balaban J connectivity index is 1.72. The number of hydrogen-bond donors (Lipinski definition) is 2. The lowest BCUT2D eigenvalue weighted by atomic mass is 10.2. The Morgan fingerprint density at radius 1 is 1.20 bits per heavy atom. The van der Waals surface area contributed by atoms with Gasteiger partial charge < -0.3 is 15.4 Å². The molecule has 8 nitrogen and oxygen atoms in total. The highest BCUT2D eigenvalue weighted by Gasteiger charge is 2.14. The molecule has 3 rings (SSSR count). The largest absolute Gasteiger partial charge is 0.497 e. The number of amides is 1. The summed E-state index contributed by atoms with van der Waals surface area (Å²) in [7, 11) is 1.60. The molecule has 1 aromatic carbocycles. The molecule has 9 heteroatoms. The highest BCUT2D eigenvalue weighted by Crippen LogP contribution is 2.26. The summed E-state index contributed by atoms with van der Waals surface area (Å²) < 4.78 is 6.94. The molecule has 30 heavy (non-hydrogen) atoms. The van der Waals surface area contributed by atoms with E-state index in [1.54, 1.807) is 49.3 Å². The van der Waals surface area contributed by atoms with Gasteiger partial charge in [0.25, 0.3) is 5.91 Å². The van der Waals surface area contributed by atoms with Gasteiger partial charge in [-0.15, -0.1) is 0 Å². The molecule has 0 saturated heterocycles. The summed E-state index contributed by atoms with van der Waals surface area (Å²) in [4.78, 5) is 21.7. The summed E-state index contributed by atoms with van der Waals surface area (Å²) in [5, 5.41) is 12.8. The molecule has 3 aromatic rings. The SMILES string of the molecule is CCCNc1nc(SC(C)C)nc2c1cnn2CCNC(=O)c1ccc(OC)cc1. The summed E-state index contributed by atoms with van der Waals surface area (Å²) in [5.74, 6) is 1.39. The van der Waals surface area contributed by atoms with Crippen molar-refractivity contribution in [1.82, 2.24) is 25.1 Å². The van der Waals surface area contributed by atoms with Crippen LogP contribution < -0.4 is 15.4 Å². The van der Waals surface area contributed by atoms with Crippen LogP contribution in [0, 0.1) is 0 Å². The molecule has 2 heterocycles. The molecule has 160 valence electrons. The van der Waals surface area contributed by atoms with Crippen molar-refractivity contribution in [3.8, 4) is 5.75 Å². The van der Waals surface area contributed by atoms with Crippen molar-refractivity contribution < 1.29 is 9.53 Å². The van der Waals surface area contributed by atoms with Crippen molar-refractivity contribution in [2.75, 3.05) is 25.5 Å². The molecule has 0 bridgehead atoms. The number of rotatable bonds is 10. The number of methoxy groups -OCH3 is 1. The van der Waals surface area contributed by atoms with Gasteiger partial charge in [-0.25, -0.2) is 14.6 Å². The van der Waals surface area contributed by atoms with E-state index in [-0.39, 0.29) is 5.91 Å². The summed E-state index contributed by atoms with van der Waals surface area (Å²) in [6.45, 7) is 8.13. The van der Waals surface area contributed by atoms with Crippen LogP contribution in [-0.2, 0) is 6.54 Å². The number of aromatic nitrogens is 4. The summed E-state index contributed by atoms with van der Waals surface area (Å²) in [6, 6.07) is 7.02. The van der Waals surface area contributed by atoms with E-state index in [1.165, 1.54) is 0 Å². The van der Waals surface area contributed by atoms with Gasteiger partial charge in [0.2, 0.25) is 0 Å². The molecule has 0 saturated carbocycles. The van der Waals surface area contributed by atoms with E-state index in [9.17, 15) is 4.79 Å². The maximum atomic E-state index is 12.4. The number of nitrogens with one attached hydrogen (secondary N) is 2. The first-order valence-electron chi connectivity index (χ1n) is 10.1. The molecule has 0 unspecified atom stereocenters. The van der Waals surface area contributed by atoms with E-state index in [4.69, 9.17) is 9.72 Å². The van der Waals surface area contributed by atoms with Crippen molar-refractivity contribution in [3.05, 3.63) is 36.0 Å². The second-order valence-electron chi connectivity index (χ2n) is 7.04. The number of carbonyl (C=O) groups excluding carboxylic acids is 1. The van der Waals surface area contributed by atoms with E-state index in [0.29, 0.717) is 23.9 Å². The standard InChI is InChI=1S/C21H28N6O2S/c1-5-10-22-18-17-13-24-27(19(17)26-21(25-18)30-14(2)3)12-11-23-20(28)15-6-8-16(29-4)9-7-15/h6-9,13-14H,5,10-12H2,1-4H3,(H,23,28)(H,22,25,26). The predicted octanol–water partition coefficient (Wildman–Crippen LogP) is 3.59. The number of benzene rings is 1. The van der Waals surface area contributed by atoms with Crippen LogP contribution in [0.1, 0.15) is 37.6 Å². The van der Waals surface area contributed by atoms with Gasteiger partial charge in [-0.2, -0.15) is 5.10 Å². The summed E-state index contributed by atoms with van der Waals surface area (Å²) in [5.41, 5.74) is 1.36. The lowest BCUT2D eigenvalue weighted by Crippen LogP contribution is -2.27. The molecule has 1 amide bonds. The zero-order valence-corrected chi connectivity index (χ0v) is 18.6. The van der Waals surface area contributed by atoms with Gasteiger partial charge in [-0.3, -0.25) is 4.79 Å². The van der Waals surface area contributed by atoms with E-state index in [0.717, 1.165) is 40.7 Å². The highest BCUT2D eigenvalue weighted by molar-refractivity contribution is 7.99. The third-order valence-corrected chi connectivity index (χ3v) is 5.19. The van der Waals surface area contributed by atoms with Gasteiger partial charge in [0.05, 0.1) is 25.2 Å². The second kappa shape index (κ2) is 10.3. The third kappa shape index (κ3) is 5.41. The molecule has 0 aliphatic carbocycles. The van der Waals surface area contributed by atoms with Crippen LogP contribution in [0.3, 0.4) is 0 Å². The Morgan fingerprint density at radius 3 is 2.63 bits per heavy atom. The Bertz CT molecular complexity index is 987. The van der Waals surface area contributed by atoms with E-state index >= 15 is 0 Å². The van der Waals surface area contributed by atoms with Crippen LogP contribution >= 0.6 is 11.8 Å². The lowest BCUT2D eigenvalue weighted by molar-refractivity contribution is 0.0952. The zero-order chi connectivity index (χ0) is 21.5. The van der Waals surface area contributed by atoms with E-state index in [2.05, 4.69) is 41.5 Å². The molecule has 0 spiro atoms. The van der Waals surface area contributed by atoms with Crippen molar-refractivity contribution in [2.45, 2.75) is 44.1 Å². The fraction of sp³-hybridized carbons (Fsp3) is 0.429. The number of thioether (sulfide) groups is 1. The molecule has 0 radical (unpaired) electrons. The summed E-state index contributed by atoms with van der Waals surface area (Å²) in [6.07, 6.45) is 2.78. The van der Waals surface area contributed by atoms with Gasteiger partial charge >= 0.3 is 0 Å². The first-order valence-corrected chi connectivity index (χ1v) is 11.0. The average molecular weight is 429 g/mol. The van der Waals surface area contributed by atoms with Gasteiger partial charge in [0.1, 0.15) is 11.6 Å². The van der Waals surface area contributed by atoms with Crippen molar-refractivity contribution in [3.63, 3.8) is 0 Å². The van der Waals surface area contributed by atoms with E-state index in [1.807, 2.05) is 4.68 Å². The normalized spacial score (nSPS) is 11.1. The fourth-order valence-electron chi connectivity index (χ4n) is 2.86. The van der Waals surface area contributed by atoms with Crippen LogP contribution in [0.5, 0.6) is 5.75 Å². The van der Waals surface area contributed by atoms with Crippen molar-refractivity contribution in [2.24, 2.45) is 0 Å². The van der Waals surface area contributed by atoms with Crippen LogP contribution in [0.15, 0.2) is 35.6 Å². The van der Waals surface area contributed by atoms with Crippen molar-refractivity contribution >= 4 is 34.5 Å². The maximum absolute atomic E-state index is 12.4. The minimum Gasteiger partial charge on any atom is -0.497 e. The van der Waals surface area contributed by atoms with Crippen LogP contribution in [-0.4, -0.2) is 51.1 Å². The van der Waals surface area contributed by atoms with Gasteiger partial charge in [-0.05, 0) is 30.7 Å². The lowest BCUT2D eigenvalue weighted by Gasteiger charge is -2.10. The smallest absolute Gasteiger partial charge is 0.251 e. The Labute approximate surface area is 180 Å². The Morgan fingerprint density at radius 2 is 1.97 bits per heavy atom. The minimum absolute atomic E-state index is 0.134. The third-order valence-electron chi connectivity index (χ3n) is 4.32. The second-order valence-corrected chi connectivity index (χ2v) is 8.58. The number of hydrogen-bond acceptors (Lipinski definition) is 7. The molecule has 0 fully saturated rings. The molecule has 0 aliphatic rings. The molecular formula is C21H28N6O2S. The predicted molar refractivity (Wildman–Crippen MR) is 120 cm³/mol. The number of fused-ring (bicyclic) bond motifs is 1. The maximum Gasteiger partial charge on any atom is 0.251 e. The van der Waals surface area contributed by atoms with Crippen LogP contribution in [0.4, 0.5) is 5.82 Å².